The van der Waals surface area contributed by atoms with Crippen LogP contribution in [0.2, 0.25) is 0 Å². The van der Waals surface area contributed by atoms with Crippen LogP contribution < -0.4 is 4.74 Å². The Labute approximate surface area is 141 Å². The molecule has 0 aliphatic rings. The molecule has 0 atom stereocenters. The molecule has 0 saturated heterocycles. The van der Waals surface area contributed by atoms with Crippen molar-refractivity contribution in [3.63, 3.8) is 0 Å². The summed E-state index contributed by atoms with van der Waals surface area (Å²) < 4.78 is 6.99. The number of benzene rings is 1. The number of pyridine rings is 1. The van der Waals surface area contributed by atoms with Gasteiger partial charge in [-0.3, -0.25) is 14.3 Å². The summed E-state index contributed by atoms with van der Waals surface area (Å²) in [4.78, 5) is 19.2. The third kappa shape index (κ3) is 3.16. The van der Waals surface area contributed by atoms with Crippen molar-refractivity contribution in [2.75, 3.05) is 27.7 Å². The number of aromatic nitrogens is 2. The highest BCUT2D eigenvalue weighted by molar-refractivity contribution is 6.02. The zero-order valence-electron chi connectivity index (χ0n) is 14.2. The molecule has 3 aromatic rings. The molecule has 2 heterocycles. The normalized spacial score (nSPS) is 11.2. The second-order valence-electron chi connectivity index (χ2n) is 5.98. The number of hydrogen-bond acceptors (Lipinski definition) is 4. The second kappa shape index (κ2) is 6.84. The summed E-state index contributed by atoms with van der Waals surface area (Å²) in [7, 11) is 5.71. The minimum atomic E-state index is -0.134. The van der Waals surface area contributed by atoms with Gasteiger partial charge in [-0.2, -0.15) is 0 Å². The Kier molecular flexibility index (Phi) is 4.62. The lowest BCUT2D eigenvalue weighted by atomic mass is 10.1. The summed E-state index contributed by atoms with van der Waals surface area (Å²) in [6.07, 6.45) is 4.43. The summed E-state index contributed by atoms with van der Waals surface area (Å²) in [5, 5.41) is 1.07. The van der Waals surface area contributed by atoms with Crippen LogP contribution in [-0.4, -0.2) is 48.1 Å². The van der Waals surface area contributed by atoms with Gasteiger partial charge in [-0.1, -0.05) is 6.07 Å². The van der Waals surface area contributed by atoms with E-state index in [-0.39, 0.29) is 5.91 Å². The number of carbonyl (C=O) groups excluding carboxylic acids is 1. The minimum Gasteiger partial charge on any atom is -0.497 e. The summed E-state index contributed by atoms with van der Waals surface area (Å²) in [5.74, 6) is 0.597. The Bertz CT molecular complexity index is 854. The summed E-state index contributed by atoms with van der Waals surface area (Å²) in [6, 6.07) is 11.2. The fraction of sp³-hybridized carbons (Fsp3) is 0.263. The molecule has 3 rings (SSSR count). The van der Waals surface area contributed by atoms with E-state index in [1.54, 1.807) is 30.0 Å². The minimum absolute atomic E-state index is 0.134. The van der Waals surface area contributed by atoms with Gasteiger partial charge < -0.3 is 9.64 Å². The highest BCUT2D eigenvalue weighted by Gasteiger charge is 2.16. The SMILES string of the molecule is COc1ccc2c(CCN(C)C)cn(C(=O)c3ccccn3)c2c1. The van der Waals surface area contributed by atoms with Crippen molar-refractivity contribution in [1.82, 2.24) is 14.5 Å². The van der Waals surface area contributed by atoms with Gasteiger partial charge in [0.15, 0.2) is 0 Å². The second-order valence-corrected chi connectivity index (χ2v) is 5.98. The number of likely N-dealkylation sites (N-methyl/N-ethyl adjacent to an activating group) is 1. The number of ether oxygens (including phenoxy) is 1. The molecule has 1 aromatic carbocycles. The monoisotopic (exact) mass is 323 g/mol. The van der Waals surface area contributed by atoms with Crippen molar-refractivity contribution < 1.29 is 9.53 Å². The number of nitrogens with zero attached hydrogens (tertiary/aromatic N) is 3. The molecular weight excluding hydrogens is 302 g/mol. The fourth-order valence-electron chi connectivity index (χ4n) is 2.73. The molecule has 0 aliphatic heterocycles. The lowest BCUT2D eigenvalue weighted by Crippen LogP contribution is -2.15. The van der Waals surface area contributed by atoms with Crippen LogP contribution in [0.4, 0.5) is 0 Å². The van der Waals surface area contributed by atoms with Crippen LogP contribution in [0.25, 0.3) is 10.9 Å². The molecule has 0 saturated carbocycles. The molecule has 24 heavy (non-hydrogen) atoms. The van der Waals surface area contributed by atoms with Gasteiger partial charge in [0.25, 0.3) is 5.91 Å². The van der Waals surface area contributed by atoms with Crippen molar-refractivity contribution in [3.8, 4) is 5.75 Å². The molecule has 0 N–H and O–H groups in total. The van der Waals surface area contributed by atoms with Gasteiger partial charge in [-0.05, 0) is 50.3 Å². The van der Waals surface area contributed by atoms with E-state index in [0.717, 1.165) is 35.2 Å². The zero-order valence-corrected chi connectivity index (χ0v) is 14.2. The van der Waals surface area contributed by atoms with E-state index in [2.05, 4.69) is 9.88 Å². The first kappa shape index (κ1) is 16.2. The van der Waals surface area contributed by atoms with Gasteiger partial charge in [-0.25, -0.2) is 0 Å². The van der Waals surface area contributed by atoms with Gasteiger partial charge >= 0.3 is 0 Å². The van der Waals surface area contributed by atoms with Crippen molar-refractivity contribution in [2.45, 2.75) is 6.42 Å². The van der Waals surface area contributed by atoms with Crippen LogP contribution in [0.15, 0.2) is 48.8 Å². The molecule has 0 spiro atoms. The first-order chi connectivity index (χ1) is 11.6. The third-order valence-electron chi connectivity index (χ3n) is 4.03. The predicted molar refractivity (Wildman–Crippen MR) is 94.7 cm³/mol. The topological polar surface area (TPSA) is 47.4 Å². The molecule has 0 fully saturated rings. The molecule has 5 heteroatoms. The summed E-state index contributed by atoms with van der Waals surface area (Å²) in [5.41, 5.74) is 2.42. The summed E-state index contributed by atoms with van der Waals surface area (Å²) in [6.45, 7) is 0.920. The first-order valence-electron chi connectivity index (χ1n) is 7.88. The Morgan fingerprint density at radius 2 is 2.08 bits per heavy atom. The van der Waals surface area contributed by atoms with Gasteiger partial charge in [-0.15, -0.1) is 0 Å². The number of rotatable bonds is 5. The molecule has 124 valence electrons. The average molecular weight is 323 g/mol. The van der Waals surface area contributed by atoms with Crippen LogP contribution in [0.3, 0.4) is 0 Å². The standard InChI is InChI=1S/C19H21N3O2/c1-21(2)11-9-14-13-22(19(23)17-6-4-5-10-20-17)18-12-15(24-3)7-8-16(14)18/h4-8,10,12-13H,9,11H2,1-3H3. The van der Waals surface area contributed by atoms with Gasteiger partial charge in [0.2, 0.25) is 0 Å². The lowest BCUT2D eigenvalue weighted by Gasteiger charge is -2.08. The largest absolute Gasteiger partial charge is 0.497 e. The molecule has 5 nitrogen and oxygen atoms in total. The van der Waals surface area contributed by atoms with E-state index in [0.29, 0.717) is 5.69 Å². The molecule has 2 aromatic heterocycles. The van der Waals surface area contributed by atoms with E-state index >= 15 is 0 Å². The molecule has 0 radical (unpaired) electrons. The smallest absolute Gasteiger partial charge is 0.280 e. The summed E-state index contributed by atoms with van der Waals surface area (Å²) >= 11 is 0. The highest BCUT2D eigenvalue weighted by atomic mass is 16.5. The number of carbonyl (C=O) groups is 1. The van der Waals surface area contributed by atoms with Crippen molar-refractivity contribution in [3.05, 3.63) is 60.0 Å². The van der Waals surface area contributed by atoms with Crippen LogP contribution in [0, 0.1) is 0 Å². The van der Waals surface area contributed by atoms with Crippen LogP contribution in [0.5, 0.6) is 5.75 Å². The van der Waals surface area contributed by atoms with Gasteiger partial charge in [0.1, 0.15) is 11.4 Å². The number of fused-ring (bicyclic) bond motifs is 1. The molecule has 0 bridgehead atoms. The maximum Gasteiger partial charge on any atom is 0.280 e. The fourth-order valence-corrected chi connectivity index (χ4v) is 2.73. The van der Waals surface area contributed by atoms with E-state index < -0.39 is 0 Å². The molecule has 0 unspecified atom stereocenters. The van der Waals surface area contributed by atoms with E-state index in [1.165, 1.54) is 0 Å². The Morgan fingerprint density at radius 3 is 2.75 bits per heavy atom. The predicted octanol–water partition coefficient (Wildman–Crippen LogP) is 2.84. The first-order valence-corrected chi connectivity index (χ1v) is 7.88. The lowest BCUT2D eigenvalue weighted by molar-refractivity contribution is 0.0960. The Morgan fingerprint density at radius 1 is 1.25 bits per heavy atom. The zero-order chi connectivity index (χ0) is 17.1. The number of methoxy groups -OCH3 is 1. The molecular formula is C19H21N3O2. The third-order valence-corrected chi connectivity index (χ3v) is 4.03. The highest BCUT2D eigenvalue weighted by Crippen LogP contribution is 2.27. The molecule has 0 amide bonds. The van der Waals surface area contributed by atoms with Crippen LogP contribution in [-0.2, 0) is 6.42 Å². The van der Waals surface area contributed by atoms with Crippen molar-refractivity contribution in [2.24, 2.45) is 0 Å². The van der Waals surface area contributed by atoms with Crippen molar-refractivity contribution >= 4 is 16.8 Å². The average Bonchev–Trinajstić information content (AvgIpc) is 2.97. The quantitative estimate of drug-likeness (QED) is 0.724. The van der Waals surface area contributed by atoms with E-state index in [1.807, 2.05) is 44.6 Å². The van der Waals surface area contributed by atoms with Crippen molar-refractivity contribution in [1.29, 1.82) is 0 Å². The van der Waals surface area contributed by atoms with Crippen LogP contribution in [0.1, 0.15) is 16.1 Å². The van der Waals surface area contributed by atoms with E-state index in [9.17, 15) is 4.79 Å². The molecule has 0 aliphatic carbocycles. The van der Waals surface area contributed by atoms with Gasteiger partial charge in [0.05, 0.1) is 12.6 Å². The Hall–Kier alpha value is -2.66. The van der Waals surface area contributed by atoms with E-state index in [4.69, 9.17) is 4.74 Å². The van der Waals surface area contributed by atoms with Gasteiger partial charge in [0, 0.05) is 30.4 Å². The van der Waals surface area contributed by atoms with Crippen LogP contribution >= 0.6 is 0 Å². The number of hydrogen-bond donors (Lipinski definition) is 0. The maximum absolute atomic E-state index is 12.9. The maximum atomic E-state index is 12.9. The Balaban J connectivity index is 2.10.